The molecule has 0 saturated carbocycles. The summed E-state index contributed by atoms with van der Waals surface area (Å²) in [5.41, 5.74) is 1.05. The van der Waals surface area contributed by atoms with E-state index in [1.54, 1.807) is 13.2 Å². The van der Waals surface area contributed by atoms with Gasteiger partial charge in [0.25, 0.3) is 11.1 Å². The van der Waals surface area contributed by atoms with Crippen molar-refractivity contribution in [3.63, 3.8) is 0 Å². The van der Waals surface area contributed by atoms with E-state index in [0.29, 0.717) is 17.2 Å². The number of carbonyl (C=O) groups is 3. The Hall–Kier alpha value is -2.68. The Morgan fingerprint density at radius 3 is 2.73 bits per heavy atom. The van der Waals surface area contributed by atoms with Crippen LogP contribution in [0.5, 0.6) is 5.75 Å². The number of piperidine rings is 1. The summed E-state index contributed by atoms with van der Waals surface area (Å²) in [6, 6.07) is 5.50. The van der Waals surface area contributed by atoms with E-state index in [1.807, 2.05) is 39.0 Å². The van der Waals surface area contributed by atoms with Gasteiger partial charge in [-0.2, -0.15) is 0 Å². The van der Waals surface area contributed by atoms with Crippen molar-refractivity contribution in [1.82, 2.24) is 10.6 Å². The zero-order chi connectivity index (χ0) is 21.9. The number of thioether (sulfide) groups is 1. The highest BCUT2D eigenvalue weighted by molar-refractivity contribution is 8.18. The largest absolute Gasteiger partial charge is 0.495 e. The predicted octanol–water partition coefficient (Wildman–Crippen LogP) is 3.51. The molecule has 3 amide bonds. The summed E-state index contributed by atoms with van der Waals surface area (Å²) >= 11 is 0.880. The number of nitrogens with zero attached hydrogens (tertiary/aromatic N) is 1. The summed E-state index contributed by atoms with van der Waals surface area (Å²) in [5.74, 6) is 0.263. The fourth-order valence-corrected chi connectivity index (χ4v) is 4.17. The lowest BCUT2D eigenvalue weighted by Crippen LogP contribution is -2.49. The maximum absolute atomic E-state index is 12.2. The fourth-order valence-electron chi connectivity index (χ4n) is 3.49. The molecule has 1 aromatic rings. The predicted molar refractivity (Wildman–Crippen MR) is 117 cm³/mol. The lowest BCUT2D eigenvalue weighted by molar-refractivity contribution is -0.115. The summed E-state index contributed by atoms with van der Waals surface area (Å²) in [5, 5.41) is 4.84. The van der Waals surface area contributed by atoms with Crippen LogP contribution in [0.25, 0.3) is 6.08 Å². The topological polar surface area (TPSA) is 97.0 Å². The molecule has 2 aliphatic heterocycles. The Balaban J connectivity index is 1.83. The van der Waals surface area contributed by atoms with Crippen LogP contribution < -0.4 is 20.3 Å². The average molecular weight is 434 g/mol. The van der Waals surface area contributed by atoms with Crippen molar-refractivity contribution in [2.24, 2.45) is 0 Å². The Labute approximate surface area is 180 Å². The number of methoxy groups -OCH3 is 1. The number of benzene rings is 1. The summed E-state index contributed by atoms with van der Waals surface area (Å²) in [7, 11) is 1.59. The van der Waals surface area contributed by atoms with E-state index < -0.39 is 17.6 Å². The smallest absolute Gasteiger partial charge is 0.407 e. The van der Waals surface area contributed by atoms with E-state index >= 15 is 0 Å². The first-order chi connectivity index (χ1) is 14.2. The van der Waals surface area contributed by atoms with Crippen LogP contribution in [0.1, 0.15) is 39.2 Å². The summed E-state index contributed by atoms with van der Waals surface area (Å²) in [6.07, 6.45) is 2.98. The van der Waals surface area contributed by atoms with Crippen molar-refractivity contribution in [1.29, 1.82) is 0 Å². The molecule has 2 fully saturated rings. The SMILES string of the molecule is COc1cccc(/C=C2\SC(=O)NC2=O)c1N1CCCC(NC(=O)OC(C)(C)C)C1. The molecule has 2 heterocycles. The molecule has 0 aliphatic carbocycles. The van der Waals surface area contributed by atoms with Gasteiger partial charge in [-0.1, -0.05) is 12.1 Å². The number of carbonyl (C=O) groups excluding carboxylic acids is 3. The second kappa shape index (κ2) is 8.99. The van der Waals surface area contributed by atoms with Gasteiger partial charge in [0, 0.05) is 24.7 Å². The molecule has 2 aliphatic rings. The first-order valence-electron chi connectivity index (χ1n) is 9.82. The van der Waals surface area contributed by atoms with Gasteiger partial charge in [0.05, 0.1) is 17.7 Å². The van der Waals surface area contributed by atoms with Crippen molar-refractivity contribution in [3.05, 3.63) is 28.7 Å². The Morgan fingerprint density at radius 2 is 2.10 bits per heavy atom. The minimum atomic E-state index is -0.558. The Kier molecular flexibility index (Phi) is 6.60. The summed E-state index contributed by atoms with van der Waals surface area (Å²) < 4.78 is 11.0. The Bertz CT molecular complexity index is 878. The van der Waals surface area contributed by atoms with Crippen LogP contribution in [-0.2, 0) is 9.53 Å². The zero-order valence-electron chi connectivity index (χ0n) is 17.6. The lowest BCUT2D eigenvalue weighted by atomic mass is 10.0. The third kappa shape index (κ3) is 5.47. The van der Waals surface area contributed by atoms with E-state index in [-0.39, 0.29) is 11.3 Å². The molecule has 1 unspecified atom stereocenters. The first-order valence-corrected chi connectivity index (χ1v) is 10.6. The number of anilines is 1. The van der Waals surface area contributed by atoms with Crippen LogP contribution in [-0.4, -0.2) is 49.1 Å². The molecule has 2 N–H and O–H groups in total. The van der Waals surface area contributed by atoms with Gasteiger partial charge in [-0.25, -0.2) is 4.79 Å². The summed E-state index contributed by atoms with van der Waals surface area (Å²) in [4.78, 5) is 38.2. The molecular formula is C21H27N3O5S. The third-order valence-corrected chi connectivity index (χ3v) is 5.45. The van der Waals surface area contributed by atoms with Gasteiger partial charge in [0.15, 0.2) is 0 Å². The van der Waals surface area contributed by atoms with E-state index in [4.69, 9.17) is 9.47 Å². The molecule has 2 saturated heterocycles. The van der Waals surface area contributed by atoms with E-state index in [2.05, 4.69) is 15.5 Å². The van der Waals surface area contributed by atoms with Gasteiger partial charge in [-0.05, 0) is 57.5 Å². The standard InChI is InChI=1S/C21H27N3O5S/c1-21(2,3)29-19(26)22-14-8-6-10-24(12-14)17-13(7-5-9-15(17)28-4)11-16-18(25)23-20(27)30-16/h5,7,9,11,14H,6,8,10,12H2,1-4H3,(H,22,26)(H,23,25,27)/b16-11-. The van der Waals surface area contributed by atoms with Crippen molar-refractivity contribution >= 4 is 40.8 Å². The van der Waals surface area contributed by atoms with Crippen molar-refractivity contribution in [2.75, 3.05) is 25.1 Å². The van der Waals surface area contributed by atoms with Gasteiger partial charge < -0.3 is 19.7 Å². The average Bonchev–Trinajstić information content (AvgIpc) is 2.97. The van der Waals surface area contributed by atoms with Crippen molar-refractivity contribution in [2.45, 2.75) is 45.3 Å². The van der Waals surface area contributed by atoms with Crippen LogP contribution in [0.4, 0.5) is 15.3 Å². The van der Waals surface area contributed by atoms with E-state index in [1.165, 1.54) is 0 Å². The van der Waals surface area contributed by atoms with Gasteiger partial charge >= 0.3 is 6.09 Å². The van der Waals surface area contributed by atoms with E-state index in [0.717, 1.165) is 42.4 Å². The maximum Gasteiger partial charge on any atom is 0.407 e. The van der Waals surface area contributed by atoms with Crippen LogP contribution in [0.3, 0.4) is 0 Å². The van der Waals surface area contributed by atoms with Crippen LogP contribution in [0, 0.1) is 0 Å². The number of hydrogen-bond donors (Lipinski definition) is 2. The minimum Gasteiger partial charge on any atom is -0.495 e. The number of nitrogens with one attached hydrogen (secondary N) is 2. The molecule has 1 aromatic carbocycles. The number of imide groups is 1. The number of amides is 3. The molecule has 0 aromatic heterocycles. The second-order valence-electron chi connectivity index (χ2n) is 8.18. The van der Waals surface area contributed by atoms with E-state index in [9.17, 15) is 14.4 Å². The molecular weight excluding hydrogens is 406 g/mol. The number of alkyl carbamates (subject to hydrolysis) is 1. The maximum atomic E-state index is 12.2. The molecule has 0 spiro atoms. The van der Waals surface area contributed by atoms with Gasteiger partial charge in [-0.15, -0.1) is 0 Å². The molecule has 1 atom stereocenters. The normalized spacial score (nSPS) is 20.9. The fraction of sp³-hybridized carbons (Fsp3) is 0.476. The first kappa shape index (κ1) is 22.0. The number of para-hydroxylation sites is 1. The number of rotatable bonds is 4. The molecule has 162 valence electrons. The number of ether oxygens (including phenoxy) is 2. The minimum absolute atomic E-state index is 0.0789. The molecule has 0 bridgehead atoms. The quantitative estimate of drug-likeness (QED) is 0.701. The van der Waals surface area contributed by atoms with Gasteiger partial charge in [0.1, 0.15) is 11.4 Å². The third-order valence-electron chi connectivity index (χ3n) is 4.64. The highest BCUT2D eigenvalue weighted by Crippen LogP contribution is 2.37. The lowest BCUT2D eigenvalue weighted by Gasteiger charge is -2.36. The Morgan fingerprint density at radius 1 is 1.33 bits per heavy atom. The van der Waals surface area contributed by atoms with Crippen molar-refractivity contribution < 1.29 is 23.9 Å². The molecule has 30 heavy (non-hydrogen) atoms. The summed E-state index contributed by atoms with van der Waals surface area (Å²) in [6.45, 7) is 6.85. The second-order valence-corrected chi connectivity index (χ2v) is 9.20. The zero-order valence-corrected chi connectivity index (χ0v) is 18.4. The highest BCUT2D eigenvalue weighted by Gasteiger charge is 2.29. The molecule has 8 nitrogen and oxygen atoms in total. The molecule has 3 rings (SSSR count). The number of hydrogen-bond acceptors (Lipinski definition) is 7. The van der Waals surface area contributed by atoms with Gasteiger partial charge in [0.2, 0.25) is 0 Å². The monoisotopic (exact) mass is 433 g/mol. The highest BCUT2D eigenvalue weighted by atomic mass is 32.2. The van der Waals surface area contributed by atoms with Crippen molar-refractivity contribution in [3.8, 4) is 5.75 Å². The molecule has 9 heteroatoms. The molecule has 0 radical (unpaired) electrons. The van der Waals surface area contributed by atoms with Crippen LogP contribution in [0.2, 0.25) is 0 Å². The van der Waals surface area contributed by atoms with Gasteiger partial charge in [-0.3, -0.25) is 14.9 Å². The van der Waals surface area contributed by atoms with Crippen LogP contribution >= 0.6 is 11.8 Å². The van der Waals surface area contributed by atoms with Crippen LogP contribution in [0.15, 0.2) is 23.1 Å².